The van der Waals surface area contributed by atoms with E-state index < -0.39 is 5.56 Å². The number of hydrogen-bond acceptors (Lipinski definition) is 5. The van der Waals surface area contributed by atoms with Crippen molar-refractivity contribution in [3.8, 4) is 17.0 Å². The molecule has 0 saturated carbocycles. The molecule has 3 N–H and O–H groups in total. The molecule has 29 heavy (non-hydrogen) atoms. The second kappa shape index (κ2) is 9.11. The molecule has 0 aliphatic rings. The number of amides is 1. The summed E-state index contributed by atoms with van der Waals surface area (Å²) in [6.45, 7) is 3.92. The lowest BCUT2D eigenvalue weighted by Crippen LogP contribution is -2.15. The second-order valence-corrected chi connectivity index (χ2v) is 6.87. The number of carbonyl (C=O) groups is 1. The molecule has 2 aromatic carbocycles. The first kappa shape index (κ1) is 20.2. The fourth-order valence-corrected chi connectivity index (χ4v) is 2.74. The maximum atomic E-state index is 12.4. The number of ether oxygens (including phenoxy) is 1. The number of aromatic amines is 2. The van der Waals surface area contributed by atoms with Crippen molar-refractivity contribution in [1.29, 1.82) is 0 Å². The Kier molecular flexibility index (Phi) is 6.36. The number of nitrogens with zero attached hydrogens (tertiary/aromatic N) is 1. The molecule has 0 saturated heterocycles. The molecule has 0 spiro atoms. The first-order valence-electron chi connectivity index (χ1n) is 8.96. The van der Waals surface area contributed by atoms with Crippen LogP contribution in [0.25, 0.3) is 17.3 Å². The van der Waals surface area contributed by atoms with E-state index in [2.05, 4.69) is 20.5 Å². The summed E-state index contributed by atoms with van der Waals surface area (Å²) in [5.41, 5.74) is 1.51. The van der Waals surface area contributed by atoms with Gasteiger partial charge in [-0.25, -0.2) is 0 Å². The minimum atomic E-state index is -0.435. The topological polar surface area (TPSA) is 99.9 Å². The van der Waals surface area contributed by atoms with Crippen LogP contribution in [0.2, 0.25) is 0 Å². The van der Waals surface area contributed by atoms with Crippen LogP contribution in [0.1, 0.15) is 19.4 Å². The molecule has 148 valence electrons. The Hall–Kier alpha value is -3.52. The van der Waals surface area contributed by atoms with E-state index in [1.165, 1.54) is 6.08 Å². The van der Waals surface area contributed by atoms with Gasteiger partial charge in [-0.2, -0.15) is 5.10 Å². The van der Waals surface area contributed by atoms with Crippen LogP contribution < -0.4 is 15.6 Å². The van der Waals surface area contributed by atoms with Gasteiger partial charge in [0.05, 0.1) is 11.8 Å². The molecule has 0 atom stereocenters. The summed E-state index contributed by atoms with van der Waals surface area (Å²) in [6, 6.07) is 14.3. The van der Waals surface area contributed by atoms with Gasteiger partial charge in [0, 0.05) is 11.6 Å². The number of H-pyrrole nitrogens is 2. The van der Waals surface area contributed by atoms with Crippen molar-refractivity contribution in [2.75, 3.05) is 5.32 Å². The molecule has 3 aromatic rings. The summed E-state index contributed by atoms with van der Waals surface area (Å²) in [6.07, 6.45) is 3.22. The van der Waals surface area contributed by atoms with Gasteiger partial charge < -0.3 is 10.1 Å². The van der Waals surface area contributed by atoms with Gasteiger partial charge in [-0.05, 0) is 55.9 Å². The molecule has 0 bridgehead atoms. The van der Waals surface area contributed by atoms with Gasteiger partial charge in [0.2, 0.25) is 5.91 Å². The Balaban J connectivity index is 1.75. The third-order valence-electron chi connectivity index (χ3n) is 3.83. The van der Waals surface area contributed by atoms with Crippen molar-refractivity contribution >= 4 is 29.9 Å². The molecule has 0 unspecified atom stereocenters. The zero-order valence-corrected chi connectivity index (χ0v) is 16.7. The molecule has 7 nitrogen and oxygen atoms in total. The average molecular weight is 408 g/mol. The highest BCUT2D eigenvalue weighted by Gasteiger charge is 2.11. The number of para-hydroxylation sites is 1. The Bertz CT molecular complexity index is 1150. The van der Waals surface area contributed by atoms with Gasteiger partial charge in [0.15, 0.2) is 10.5 Å². The van der Waals surface area contributed by atoms with E-state index >= 15 is 0 Å². The third kappa shape index (κ3) is 5.49. The van der Waals surface area contributed by atoms with Crippen molar-refractivity contribution in [2.45, 2.75) is 20.0 Å². The van der Waals surface area contributed by atoms with Crippen molar-refractivity contribution in [3.05, 3.63) is 75.3 Å². The number of rotatable bonds is 6. The summed E-state index contributed by atoms with van der Waals surface area (Å²) in [5.74, 6) is 0.440. The van der Waals surface area contributed by atoms with Crippen molar-refractivity contribution in [2.24, 2.45) is 0 Å². The smallest absolute Gasteiger partial charge is 0.278 e. The van der Waals surface area contributed by atoms with E-state index in [-0.39, 0.29) is 22.5 Å². The largest absolute Gasteiger partial charge is 0.491 e. The van der Waals surface area contributed by atoms with Gasteiger partial charge in [0.1, 0.15) is 5.75 Å². The normalized spacial score (nSPS) is 11.0. The van der Waals surface area contributed by atoms with Gasteiger partial charge in [-0.15, -0.1) is 0 Å². The predicted octanol–water partition coefficient (Wildman–Crippen LogP) is 3.93. The highest BCUT2D eigenvalue weighted by molar-refractivity contribution is 7.71. The summed E-state index contributed by atoms with van der Waals surface area (Å²) in [4.78, 5) is 27.0. The van der Waals surface area contributed by atoms with Crippen molar-refractivity contribution in [3.63, 3.8) is 0 Å². The molecule has 1 heterocycles. The van der Waals surface area contributed by atoms with Crippen LogP contribution >= 0.6 is 12.2 Å². The fraction of sp³-hybridized carbons (Fsp3) is 0.143. The molecule has 0 radical (unpaired) electrons. The zero-order chi connectivity index (χ0) is 20.8. The molecule has 1 amide bonds. The first-order chi connectivity index (χ1) is 13.9. The maximum Gasteiger partial charge on any atom is 0.278 e. The second-order valence-electron chi connectivity index (χ2n) is 6.46. The lowest BCUT2D eigenvalue weighted by atomic mass is 10.1. The van der Waals surface area contributed by atoms with E-state index in [0.29, 0.717) is 11.3 Å². The molecular formula is C21H20N4O3S. The standard InChI is InChI=1S/C21H20N4O3S/c1-13(2)28-15-10-7-14(8-11-15)9-12-18(26)22-17-6-4-3-5-16(17)19-20(27)23-21(29)25-24-19/h3-13H,1-2H3,(H,22,26)(H2,23,25,27,29)/b12-9+. The molecule has 0 aliphatic carbocycles. The fourth-order valence-electron chi connectivity index (χ4n) is 2.60. The lowest BCUT2D eigenvalue weighted by molar-refractivity contribution is -0.111. The summed E-state index contributed by atoms with van der Waals surface area (Å²) < 4.78 is 5.73. The molecule has 1 aromatic heterocycles. The minimum Gasteiger partial charge on any atom is -0.491 e. The third-order valence-corrected chi connectivity index (χ3v) is 4.02. The Morgan fingerprint density at radius 2 is 1.90 bits per heavy atom. The van der Waals surface area contributed by atoms with Crippen molar-refractivity contribution < 1.29 is 9.53 Å². The number of aromatic nitrogens is 3. The number of hydrogen-bond donors (Lipinski definition) is 3. The highest BCUT2D eigenvalue weighted by Crippen LogP contribution is 2.23. The van der Waals surface area contributed by atoms with Crippen molar-refractivity contribution in [1.82, 2.24) is 15.2 Å². The summed E-state index contributed by atoms with van der Waals surface area (Å²) in [7, 11) is 0. The van der Waals surface area contributed by atoms with Crippen LogP contribution in [0, 0.1) is 4.77 Å². The van der Waals surface area contributed by atoms with E-state index in [4.69, 9.17) is 17.0 Å². The van der Waals surface area contributed by atoms with Crippen LogP contribution in [0.5, 0.6) is 5.75 Å². The van der Waals surface area contributed by atoms with Crippen LogP contribution in [0.15, 0.2) is 59.4 Å². The highest BCUT2D eigenvalue weighted by atomic mass is 32.1. The monoisotopic (exact) mass is 408 g/mol. The SMILES string of the molecule is CC(C)Oc1ccc(/C=C/C(=O)Nc2ccccc2-c2n[nH]c(=S)[nH]c2=O)cc1. The zero-order valence-electron chi connectivity index (χ0n) is 15.9. The Morgan fingerprint density at radius 1 is 1.17 bits per heavy atom. The molecular weight excluding hydrogens is 388 g/mol. The summed E-state index contributed by atoms with van der Waals surface area (Å²) in [5, 5.41) is 9.31. The van der Waals surface area contributed by atoms with Gasteiger partial charge in [-0.3, -0.25) is 19.7 Å². The van der Waals surface area contributed by atoms with E-state index in [1.807, 2.05) is 38.1 Å². The minimum absolute atomic E-state index is 0.101. The van der Waals surface area contributed by atoms with Gasteiger partial charge >= 0.3 is 0 Å². The molecule has 0 aliphatic heterocycles. The molecule has 8 heteroatoms. The molecule has 0 fully saturated rings. The van der Waals surface area contributed by atoms with Crippen LogP contribution in [-0.2, 0) is 4.79 Å². The van der Waals surface area contributed by atoms with E-state index in [0.717, 1.165) is 11.3 Å². The van der Waals surface area contributed by atoms with Crippen LogP contribution in [0.3, 0.4) is 0 Å². The lowest BCUT2D eigenvalue weighted by Gasteiger charge is -2.09. The predicted molar refractivity (Wildman–Crippen MR) is 115 cm³/mol. The van der Waals surface area contributed by atoms with Crippen LogP contribution in [-0.4, -0.2) is 27.2 Å². The number of benzene rings is 2. The maximum absolute atomic E-state index is 12.4. The Labute approximate surface area is 172 Å². The van der Waals surface area contributed by atoms with E-state index in [9.17, 15) is 9.59 Å². The quantitative estimate of drug-likeness (QED) is 0.424. The number of anilines is 1. The van der Waals surface area contributed by atoms with Crippen LogP contribution in [0.4, 0.5) is 5.69 Å². The average Bonchev–Trinajstić information content (AvgIpc) is 2.68. The molecule has 3 rings (SSSR count). The van der Waals surface area contributed by atoms with E-state index in [1.54, 1.807) is 30.3 Å². The Morgan fingerprint density at radius 3 is 2.59 bits per heavy atom. The number of carbonyl (C=O) groups excluding carboxylic acids is 1. The van der Waals surface area contributed by atoms with Gasteiger partial charge in [-0.1, -0.05) is 30.3 Å². The van der Waals surface area contributed by atoms with Gasteiger partial charge in [0.25, 0.3) is 5.56 Å². The number of nitrogens with one attached hydrogen (secondary N) is 3. The summed E-state index contributed by atoms with van der Waals surface area (Å²) >= 11 is 4.86. The first-order valence-corrected chi connectivity index (χ1v) is 9.37.